The minimum Gasteiger partial charge on any atom is -0.379 e. The lowest BCUT2D eigenvalue weighted by molar-refractivity contribution is -0.128. The molecule has 0 spiro atoms. The molecule has 20 heavy (non-hydrogen) atoms. The molecule has 2 aliphatic rings. The first-order valence-corrected chi connectivity index (χ1v) is 7.60. The summed E-state index contributed by atoms with van der Waals surface area (Å²) in [6.07, 6.45) is 5.20. The molecule has 1 atom stereocenters. The van der Waals surface area contributed by atoms with Crippen LogP contribution < -0.4 is 11.1 Å². The van der Waals surface area contributed by atoms with Crippen molar-refractivity contribution >= 4 is 5.91 Å². The molecule has 0 aromatic rings. The average molecular weight is 284 g/mol. The summed E-state index contributed by atoms with van der Waals surface area (Å²) in [5.74, 6) is 0.0777. The van der Waals surface area contributed by atoms with Crippen LogP contribution in [0, 0.1) is 5.92 Å². The molecule has 2 aliphatic carbocycles. The molecule has 0 bridgehead atoms. The molecule has 1 amide bonds. The number of rotatable bonds is 10. The Morgan fingerprint density at radius 2 is 1.95 bits per heavy atom. The number of primary amides is 1. The Hall–Kier alpha value is -0.650. The lowest BCUT2D eigenvalue weighted by Gasteiger charge is -2.32. The van der Waals surface area contributed by atoms with Gasteiger partial charge in [-0.05, 0) is 51.9 Å². The van der Waals surface area contributed by atoms with E-state index in [1.165, 1.54) is 0 Å². The normalized spacial score (nSPS) is 22.6. The zero-order valence-electron chi connectivity index (χ0n) is 12.9. The van der Waals surface area contributed by atoms with E-state index in [2.05, 4.69) is 5.32 Å². The number of hydrogen-bond donors (Lipinski definition) is 2. The van der Waals surface area contributed by atoms with Gasteiger partial charge in [0.05, 0.1) is 12.2 Å². The van der Waals surface area contributed by atoms with Crippen LogP contribution in [0.5, 0.6) is 0 Å². The van der Waals surface area contributed by atoms with Gasteiger partial charge in [0.1, 0.15) is 5.54 Å². The van der Waals surface area contributed by atoms with Crippen LogP contribution in [0.1, 0.15) is 46.0 Å². The predicted octanol–water partition coefficient (Wildman–Crippen LogP) is 1.20. The number of amides is 1. The van der Waals surface area contributed by atoms with Crippen molar-refractivity contribution in [2.75, 3.05) is 20.3 Å². The molecule has 3 N–H and O–H groups in total. The van der Waals surface area contributed by atoms with Crippen molar-refractivity contribution in [2.45, 2.75) is 63.1 Å². The van der Waals surface area contributed by atoms with E-state index in [9.17, 15) is 4.79 Å². The number of hydrogen-bond acceptors (Lipinski definition) is 4. The van der Waals surface area contributed by atoms with Crippen molar-refractivity contribution in [3.8, 4) is 0 Å². The van der Waals surface area contributed by atoms with Crippen molar-refractivity contribution < 1.29 is 14.3 Å². The van der Waals surface area contributed by atoms with Crippen molar-refractivity contribution in [1.29, 1.82) is 0 Å². The third-order valence-corrected chi connectivity index (χ3v) is 4.48. The number of ether oxygens (including phenoxy) is 2. The largest absolute Gasteiger partial charge is 0.379 e. The summed E-state index contributed by atoms with van der Waals surface area (Å²) in [6, 6.07) is 0.446. The first kappa shape index (κ1) is 15.7. The maximum absolute atomic E-state index is 12.0. The lowest BCUT2D eigenvalue weighted by Crippen LogP contribution is -2.61. The fraction of sp³-hybridized carbons (Fsp3) is 0.933. The van der Waals surface area contributed by atoms with Crippen LogP contribution in [-0.4, -0.2) is 43.4 Å². The molecule has 2 rings (SSSR count). The monoisotopic (exact) mass is 284 g/mol. The highest BCUT2D eigenvalue weighted by atomic mass is 16.5. The van der Waals surface area contributed by atoms with Crippen LogP contribution in [0.2, 0.25) is 0 Å². The molecule has 0 aromatic carbocycles. The third-order valence-electron chi connectivity index (χ3n) is 4.48. The fourth-order valence-electron chi connectivity index (χ4n) is 2.44. The van der Waals surface area contributed by atoms with Crippen molar-refractivity contribution in [1.82, 2.24) is 5.32 Å². The zero-order chi connectivity index (χ0) is 14.8. The van der Waals surface area contributed by atoms with Gasteiger partial charge in [-0.15, -0.1) is 0 Å². The minimum absolute atomic E-state index is 0.196. The Morgan fingerprint density at radius 3 is 2.40 bits per heavy atom. The summed E-state index contributed by atoms with van der Waals surface area (Å²) < 4.78 is 11.1. The van der Waals surface area contributed by atoms with E-state index in [1.54, 1.807) is 7.11 Å². The number of nitrogens with one attached hydrogen (secondary N) is 1. The molecule has 0 heterocycles. The number of methoxy groups -OCH3 is 1. The second-order valence-electron chi connectivity index (χ2n) is 6.79. The zero-order valence-corrected chi connectivity index (χ0v) is 12.9. The number of carbonyl (C=O) groups is 1. The van der Waals surface area contributed by atoms with Gasteiger partial charge in [-0.3, -0.25) is 10.1 Å². The molecule has 2 saturated carbocycles. The van der Waals surface area contributed by atoms with Gasteiger partial charge in [0.2, 0.25) is 5.91 Å². The summed E-state index contributed by atoms with van der Waals surface area (Å²) >= 11 is 0. The summed E-state index contributed by atoms with van der Waals surface area (Å²) in [6.45, 7) is 5.01. The van der Waals surface area contributed by atoms with E-state index < -0.39 is 5.54 Å². The quantitative estimate of drug-likeness (QED) is 0.591. The molecule has 0 saturated heterocycles. The van der Waals surface area contributed by atoms with Gasteiger partial charge in [0.25, 0.3) is 0 Å². The second-order valence-corrected chi connectivity index (χ2v) is 6.79. The highest BCUT2D eigenvalue weighted by Crippen LogP contribution is 2.41. The maximum Gasteiger partial charge on any atom is 0.240 e. The molecule has 0 radical (unpaired) electrons. The van der Waals surface area contributed by atoms with Gasteiger partial charge in [0.15, 0.2) is 0 Å². The number of carbonyl (C=O) groups excluding carboxylic acids is 1. The van der Waals surface area contributed by atoms with Crippen LogP contribution in [0.25, 0.3) is 0 Å². The molecular formula is C15H28N2O3. The third kappa shape index (κ3) is 3.93. The summed E-state index contributed by atoms with van der Waals surface area (Å²) in [5, 5.41) is 3.45. The van der Waals surface area contributed by atoms with Crippen LogP contribution in [-0.2, 0) is 14.3 Å². The van der Waals surface area contributed by atoms with Gasteiger partial charge in [-0.25, -0.2) is 0 Å². The lowest BCUT2D eigenvalue weighted by atomic mass is 9.93. The van der Waals surface area contributed by atoms with E-state index in [0.717, 1.165) is 32.1 Å². The Bertz CT molecular complexity index is 351. The van der Waals surface area contributed by atoms with Crippen LogP contribution in [0.4, 0.5) is 0 Å². The van der Waals surface area contributed by atoms with Crippen LogP contribution in [0.3, 0.4) is 0 Å². The van der Waals surface area contributed by atoms with E-state index in [1.807, 2.05) is 13.8 Å². The molecule has 0 aromatic heterocycles. The van der Waals surface area contributed by atoms with Gasteiger partial charge in [-0.2, -0.15) is 0 Å². The second kappa shape index (κ2) is 6.00. The first-order chi connectivity index (χ1) is 9.39. The van der Waals surface area contributed by atoms with Gasteiger partial charge in [-0.1, -0.05) is 0 Å². The Balaban J connectivity index is 1.85. The highest BCUT2D eigenvalue weighted by Gasteiger charge is 2.52. The first-order valence-electron chi connectivity index (χ1n) is 7.60. The fourth-order valence-corrected chi connectivity index (χ4v) is 2.44. The smallest absolute Gasteiger partial charge is 0.240 e. The van der Waals surface area contributed by atoms with Crippen molar-refractivity contribution in [2.24, 2.45) is 11.7 Å². The van der Waals surface area contributed by atoms with Crippen LogP contribution >= 0.6 is 0 Å². The van der Waals surface area contributed by atoms with E-state index in [-0.39, 0.29) is 11.5 Å². The van der Waals surface area contributed by atoms with Gasteiger partial charge in [0, 0.05) is 19.8 Å². The Labute approximate surface area is 121 Å². The van der Waals surface area contributed by atoms with Gasteiger partial charge < -0.3 is 15.2 Å². The van der Waals surface area contributed by atoms with Gasteiger partial charge >= 0.3 is 0 Å². The van der Waals surface area contributed by atoms with Crippen molar-refractivity contribution in [3.05, 3.63) is 0 Å². The molecule has 116 valence electrons. The molecule has 2 fully saturated rings. The predicted molar refractivity (Wildman–Crippen MR) is 77.3 cm³/mol. The Morgan fingerprint density at radius 1 is 1.30 bits per heavy atom. The molecule has 0 aliphatic heterocycles. The summed E-state index contributed by atoms with van der Waals surface area (Å²) in [4.78, 5) is 12.0. The summed E-state index contributed by atoms with van der Waals surface area (Å²) in [5.41, 5.74) is 4.83. The molecule has 1 unspecified atom stereocenters. The molecule has 5 nitrogen and oxygen atoms in total. The van der Waals surface area contributed by atoms with Crippen LogP contribution in [0.15, 0.2) is 0 Å². The molecule has 5 heteroatoms. The topological polar surface area (TPSA) is 73.6 Å². The Kier molecular flexibility index (Phi) is 4.72. The number of nitrogens with two attached hydrogens (primary N) is 1. The SMILES string of the molecule is COC(C)(C)CCOCC(NC1CC1)(C(N)=O)C1CC1. The van der Waals surface area contributed by atoms with E-state index in [4.69, 9.17) is 15.2 Å². The highest BCUT2D eigenvalue weighted by molar-refractivity contribution is 5.86. The standard InChI is InChI=1S/C15H28N2O3/c1-14(2,19-3)8-9-20-10-15(13(16)18,11-4-5-11)17-12-6-7-12/h11-12,17H,4-10H2,1-3H3,(H2,16,18). The minimum atomic E-state index is -0.654. The van der Waals surface area contributed by atoms with E-state index >= 15 is 0 Å². The average Bonchev–Trinajstić information content (AvgIpc) is 3.25. The van der Waals surface area contributed by atoms with E-state index in [0.29, 0.717) is 25.2 Å². The van der Waals surface area contributed by atoms with Crippen molar-refractivity contribution in [3.63, 3.8) is 0 Å². The molecular weight excluding hydrogens is 256 g/mol. The maximum atomic E-state index is 12.0. The summed E-state index contributed by atoms with van der Waals surface area (Å²) in [7, 11) is 1.70.